The number of carbonyl (C=O) groups excluding carboxylic acids is 1. The van der Waals surface area contributed by atoms with Crippen molar-refractivity contribution >= 4 is 27.5 Å². The highest BCUT2D eigenvalue weighted by atomic mass is 32.1. The Morgan fingerprint density at radius 1 is 1.10 bits per heavy atom. The lowest BCUT2D eigenvalue weighted by Crippen LogP contribution is -2.44. The van der Waals surface area contributed by atoms with Crippen molar-refractivity contribution in [3.8, 4) is 11.3 Å². The van der Waals surface area contributed by atoms with Crippen LogP contribution in [0.1, 0.15) is 15.8 Å². The van der Waals surface area contributed by atoms with Crippen molar-refractivity contribution in [2.24, 2.45) is 0 Å². The van der Waals surface area contributed by atoms with E-state index in [4.69, 9.17) is 4.74 Å². The fraction of sp³-hybridized carbons (Fsp3) is 0.190. The zero-order valence-corrected chi connectivity index (χ0v) is 16.6. The maximum atomic E-state index is 12.8. The summed E-state index contributed by atoms with van der Waals surface area (Å²) >= 11 is 1.33. The Bertz CT molecular complexity index is 1240. The van der Waals surface area contributed by atoms with Gasteiger partial charge in [0.25, 0.3) is 11.5 Å². The van der Waals surface area contributed by atoms with Crippen molar-refractivity contribution < 1.29 is 9.53 Å². The molecule has 1 saturated heterocycles. The van der Waals surface area contributed by atoms with E-state index in [-0.39, 0.29) is 24.1 Å². The van der Waals surface area contributed by atoms with Crippen LogP contribution in [0.15, 0.2) is 65.7 Å². The lowest BCUT2D eigenvalue weighted by atomic mass is 10.1. The number of ether oxygens (including phenoxy) is 1. The number of hydrogen-bond acceptors (Lipinski definition) is 7. The molecule has 8 nitrogen and oxygen atoms in total. The van der Waals surface area contributed by atoms with Gasteiger partial charge in [-0.05, 0) is 30.3 Å². The predicted octanol–water partition coefficient (Wildman–Crippen LogP) is 2.28. The molecule has 5 rings (SSSR count). The number of benzene rings is 1. The average Bonchev–Trinajstić information content (AvgIpc) is 3.41. The van der Waals surface area contributed by atoms with Crippen LogP contribution in [0.25, 0.3) is 21.5 Å². The van der Waals surface area contributed by atoms with Gasteiger partial charge in [-0.15, -0.1) is 11.3 Å². The molecule has 150 valence electrons. The smallest absolute Gasteiger partial charge is 0.280 e. The van der Waals surface area contributed by atoms with Crippen molar-refractivity contribution in [2.75, 3.05) is 13.2 Å². The zero-order chi connectivity index (χ0) is 20.5. The Morgan fingerprint density at radius 3 is 2.77 bits per heavy atom. The van der Waals surface area contributed by atoms with Crippen LogP contribution in [0.3, 0.4) is 0 Å². The molecule has 0 radical (unpaired) electrons. The van der Waals surface area contributed by atoms with Gasteiger partial charge in [0, 0.05) is 24.0 Å². The summed E-state index contributed by atoms with van der Waals surface area (Å²) in [5, 5.41) is 7.87. The molecular weight excluding hydrogens is 402 g/mol. The van der Waals surface area contributed by atoms with Crippen molar-refractivity contribution in [1.82, 2.24) is 25.1 Å². The molecule has 0 spiro atoms. The topological polar surface area (TPSA) is 99.0 Å². The van der Waals surface area contributed by atoms with Crippen LogP contribution < -0.4 is 10.9 Å². The molecule has 0 aliphatic carbocycles. The van der Waals surface area contributed by atoms with E-state index in [1.54, 1.807) is 18.5 Å². The van der Waals surface area contributed by atoms with Crippen LogP contribution in [-0.4, -0.2) is 44.9 Å². The Morgan fingerprint density at radius 2 is 1.93 bits per heavy atom. The molecule has 1 N–H and O–H groups in total. The number of pyridine rings is 1. The quantitative estimate of drug-likeness (QED) is 0.545. The second-order valence-electron chi connectivity index (χ2n) is 6.91. The Kier molecular flexibility index (Phi) is 4.82. The minimum absolute atomic E-state index is 0.248. The van der Waals surface area contributed by atoms with Gasteiger partial charge in [-0.1, -0.05) is 12.1 Å². The van der Waals surface area contributed by atoms with E-state index in [0.717, 1.165) is 15.8 Å². The van der Waals surface area contributed by atoms with Gasteiger partial charge < -0.3 is 10.1 Å². The van der Waals surface area contributed by atoms with Gasteiger partial charge in [-0.25, -0.2) is 9.67 Å². The number of hydrogen-bond donors (Lipinski definition) is 1. The van der Waals surface area contributed by atoms with Crippen molar-refractivity contribution in [2.45, 2.75) is 12.1 Å². The molecule has 4 heterocycles. The van der Waals surface area contributed by atoms with E-state index < -0.39 is 6.04 Å². The van der Waals surface area contributed by atoms with E-state index in [2.05, 4.69) is 20.4 Å². The monoisotopic (exact) mass is 419 g/mol. The Balaban J connectivity index is 1.41. The second-order valence-corrected chi connectivity index (χ2v) is 7.94. The molecule has 3 aromatic heterocycles. The summed E-state index contributed by atoms with van der Waals surface area (Å²) in [6.07, 6.45) is 3.35. The number of para-hydroxylation sites is 1. The number of carbonyl (C=O) groups is 1. The SMILES string of the molecule is O=C(NC1COCC1n1nc(-c2ccncc2)ccc1=O)c1nc2ccccc2s1. The molecule has 1 aliphatic rings. The molecule has 4 aromatic rings. The third-order valence-electron chi connectivity index (χ3n) is 4.97. The fourth-order valence-corrected chi connectivity index (χ4v) is 4.33. The molecule has 2 atom stereocenters. The number of thiazole rings is 1. The summed E-state index contributed by atoms with van der Waals surface area (Å²) in [5.41, 5.74) is 2.05. The molecule has 1 amide bonds. The van der Waals surface area contributed by atoms with Gasteiger partial charge in [0.1, 0.15) is 6.04 Å². The number of rotatable bonds is 4. The predicted molar refractivity (Wildman–Crippen MR) is 112 cm³/mol. The number of aromatic nitrogens is 4. The maximum absolute atomic E-state index is 12.8. The highest BCUT2D eigenvalue weighted by molar-refractivity contribution is 7.20. The Hall–Kier alpha value is -3.43. The average molecular weight is 419 g/mol. The van der Waals surface area contributed by atoms with Gasteiger partial charge in [0.15, 0.2) is 5.01 Å². The van der Waals surface area contributed by atoms with Gasteiger partial charge in [-0.2, -0.15) is 5.10 Å². The lowest BCUT2D eigenvalue weighted by Gasteiger charge is -2.20. The Labute approximate surface area is 175 Å². The van der Waals surface area contributed by atoms with E-state index in [1.165, 1.54) is 22.1 Å². The van der Waals surface area contributed by atoms with E-state index in [9.17, 15) is 9.59 Å². The second kappa shape index (κ2) is 7.77. The molecular formula is C21H17N5O3S. The van der Waals surface area contributed by atoms with Gasteiger partial charge >= 0.3 is 0 Å². The first-order chi connectivity index (χ1) is 14.7. The molecule has 1 aliphatic heterocycles. The zero-order valence-electron chi connectivity index (χ0n) is 15.8. The highest BCUT2D eigenvalue weighted by Gasteiger charge is 2.33. The first kappa shape index (κ1) is 18.6. The van der Waals surface area contributed by atoms with Crippen LogP contribution in [0.5, 0.6) is 0 Å². The van der Waals surface area contributed by atoms with Gasteiger partial charge in [0.05, 0.1) is 35.2 Å². The summed E-state index contributed by atoms with van der Waals surface area (Å²) in [6.45, 7) is 0.590. The van der Waals surface area contributed by atoms with Crippen LogP contribution in [-0.2, 0) is 4.74 Å². The third kappa shape index (κ3) is 3.49. The van der Waals surface area contributed by atoms with Gasteiger partial charge in [0.2, 0.25) is 0 Å². The van der Waals surface area contributed by atoms with E-state index in [0.29, 0.717) is 17.3 Å². The highest BCUT2D eigenvalue weighted by Crippen LogP contribution is 2.23. The fourth-order valence-electron chi connectivity index (χ4n) is 3.46. The third-order valence-corrected chi connectivity index (χ3v) is 6.01. The molecule has 30 heavy (non-hydrogen) atoms. The normalized spacial score (nSPS) is 18.5. The van der Waals surface area contributed by atoms with Crippen LogP contribution >= 0.6 is 11.3 Å². The summed E-state index contributed by atoms with van der Waals surface area (Å²) < 4.78 is 7.92. The van der Waals surface area contributed by atoms with E-state index in [1.807, 2.05) is 36.4 Å². The van der Waals surface area contributed by atoms with Crippen LogP contribution in [0.2, 0.25) is 0 Å². The summed E-state index contributed by atoms with van der Waals surface area (Å²) in [6, 6.07) is 13.6. The number of fused-ring (bicyclic) bond motifs is 1. The molecule has 1 aromatic carbocycles. The van der Waals surface area contributed by atoms with Crippen molar-refractivity contribution in [1.29, 1.82) is 0 Å². The van der Waals surface area contributed by atoms with Gasteiger partial charge in [-0.3, -0.25) is 14.6 Å². The first-order valence-corrected chi connectivity index (χ1v) is 10.2. The minimum atomic E-state index is -0.405. The molecule has 0 saturated carbocycles. The largest absolute Gasteiger partial charge is 0.377 e. The number of nitrogens with one attached hydrogen (secondary N) is 1. The first-order valence-electron chi connectivity index (χ1n) is 9.43. The summed E-state index contributed by atoms with van der Waals surface area (Å²) in [5.74, 6) is -0.282. The molecule has 1 fully saturated rings. The maximum Gasteiger partial charge on any atom is 0.280 e. The molecule has 0 bridgehead atoms. The van der Waals surface area contributed by atoms with Crippen molar-refractivity contribution in [3.05, 3.63) is 76.3 Å². The summed E-state index contributed by atoms with van der Waals surface area (Å²) in [7, 11) is 0. The number of amides is 1. The lowest BCUT2D eigenvalue weighted by molar-refractivity contribution is 0.0924. The van der Waals surface area contributed by atoms with Crippen LogP contribution in [0, 0.1) is 0 Å². The summed E-state index contributed by atoms with van der Waals surface area (Å²) in [4.78, 5) is 33.7. The molecule has 2 unspecified atom stereocenters. The minimum Gasteiger partial charge on any atom is -0.377 e. The molecule has 9 heteroatoms. The standard InChI is InChI=1S/C21H17N5O3S/c27-19-6-5-14(13-7-9-22-10-8-13)25-26(19)17-12-29-11-16(17)23-20(28)21-24-15-3-1-2-4-18(15)30-21/h1-10,16-17H,11-12H2,(H,23,28). The number of nitrogens with zero attached hydrogens (tertiary/aromatic N) is 4. The van der Waals surface area contributed by atoms with E-state index >= 15 is 0 Å². The van der Waals surface area contributed by atoms with Crippen LogP contribution in [0.4, 0.5) is 0 Å². The van der Waals surface area contributed by atoms with Crippen molar-refractivity contribution in [3.63, 3.8) is 0 Å².